The Balaban J connectivity index is 2.09. The highest BCUT2D eigenvalue weighted by Crippen LogP contribution is 2.17. The highest BCUT2D eigenvalue weighted by atomic mass is 16.3. The summed E-state index contributed by atoms with van der Waals surface area (Å²) >= 11 is 0. The molecule has 1 N–H and O–H groups in total. The number of nitrogens with one attached hydrogen (secondary N) is 1. The van der Waals surface area contributed by atoms with Crippen LogP contribution < -0.4 is 5.32 Å². The van der Waals surface area contributed by atoms with Crippen molar-refractivity contribution in [2.24, 2.45) is 0 Å². The van der Waals surface area contributed by atoms with Gasteiger partial charge in [-0.3, -0.25) is 4.79 Å². The first-order valence-electron chi connectivity index (χ1n) is 6.24. The molecule has 4 nitrogen and oxygen atoms in total. The molecule has 0 fully saturated rings. The van der Waals surface area contributed by atoms with Crippen LogP contribution in [0, 0.1) is 6.92 Å². The molecule has 1 unspecified atom stereocenters. The smallest absolute Gasteiger partial charge is 0.224 e. The Labute approximate surface area is 106 Å². The molecule has 0 saturated carbocycles. The summed E-state index contributed by atoms with van der Waals surface area (Å²) in [6, 6.07) is 5.90. The zero-order chi connectivity index (χ0) is 13.1. The molecule has 1 aromatic heterocycles. The molecular weight excluding hydrogens is 228 g/mol. The summed E-state index contributed by atoms with van der Waals surface area (Å²) in [7, 11) is 0. The second kappa shape index (κ2) is 5.21. The molecule has 0 saturated heterocycles. The Morgan fingerprint density at radius 1 is 1.50 bits per heavy atom. The van der Waals surface area contributed by atoms with Crippen molar-refractivity contribution in [3.05, 3.63) is 29.7 Å². The standard InChI is InChI=1S/C14H18N2O2/c1-4-9(2)15-14(17)8-11-5-6-12-13(7-11)18-10(3)16-12/h5-7,9H,4,8H2,1-3H3,(H,15,17). The summed E-state index contributed by atoms with van der Waals surface area (Å²) in [4.78, 5) is 16.0. The van der Waals surface area contributed by atoms with Crippen molar-refractivity contribution in [2.75, 3.05) is 0 Å². The second-order valence-corrected chi connectivity index (χ2v) is 4.59. The number of nitrogens with zero attached hydrogens (tertiary/aromatic N) is 1. The van der Waals surface area contributed by atoms with E-state index in [4.69, 9.17) is 4.42 Å². The van der Waals surface area contributed by atoms with E-state index in [2.05, 4.69) is 10.3 Å². The third-order valence-corrected chi connectivity index (χ3v) is 2.94. The summed E-state index contributed by atoms with van der Waals surface area (Å²) in [5.41, 5.74) is 2.51. The van der Waals surface area contributed by atoms with Gasteiger partial charge in [0, 0.05) is 13.0 Å². The fourth-order valence-corrected chi connectivity index (χ4v) is 1.81. The normalized spacial score (nSPS) is 12.6. The second-order valence-electron chi connectivity index (χ2n) is 4.59. The number of rotatable bonds is 4. The lowest BCUT2D eigenvalue weighted by molar-refractivity contribution is -0.121. The Kier molecular flexibility index (Phi) is 3.65. The maximum Gasteiger partial charge on any atom is 0.224 e. The third-order valence-electron chi connectivity index (χ3n) is 2.94. The molecule has 96 valence electrons. The third kappa shape index (κ3) is 2.88. The molecule has 1 atom stereocenters. The molecule has 2 aromatic rings. The predicted octanol–water partition coefficient (Wildman–Crippen LogP) is 2.59. The van der Waals surface area contributed by atoms with Crippen molar-refractivity contribution >= 4 is 17.0 Å². The van der Waals surface area contributed by atoms with Gasteiger partial charge in [-0.15, -0.1) is 0 Å². The summed E-state index contributed by atoms with van der Waals surface area (Å²) < 4.78 is 5.45. The first-order valence-corrected chi connectivity index (χ1v) is 6.24. The average Bonchev–Trinajstić information content (AvgIpc) is 2.68. The topological polar surface area (TPSA) is 55.1 Å². The van der Waals surface area contributed by atoms with E-state index in [0.717, 1.165) is 23.1 Å². The monoisotopic (exact) mass is 246 g/mol. The molecule has 18 heavy (non-hydrogen) atoms. The van der Waals surface area contributed by atoms with Crippen molar-refractivity contribution < 1.29 is 9.21 Å². The van der Waals surface area contributed by atoms with E-state index in [0.29, 0.717) is 12.3 Å². The lowest BCUT2D eigenvalue weighted by Gasteiger charge is -2.11. The zero-order valence-electron chi connectivity index (χ0n) is 11.0. The van der Waals surface area contributed by atoms with Gasteiger partial charge in [-0.1, -0.05) is 13.0 Å². The number of amides is 1. The van der Waals surface area contributed by atoms with Gasteiger partial charge in [0.2, 0.25) is 5.91 Å². The van der Waals surface area contributed by atoms with Crippen LogP contribution in [0.15, 0.2) is 22.6 Å². The van der Waals surface area contributed by atoms with E-state index in [9.17, 15) is 4.79 Å². The number of carbonyl (C=O) groups excluding carboxylic acids is 1. The molecule has 1 heterocycles. The van der Waals surface area contributed by atoms with Crippen LogP contribution in [0.4, 0.5) is 0 Å². The molecule has 0 aliphatic carbocycles. The Morgan fingerprint density at radius 2 is 2.28 bits per heavy atom. The Bertz CT molecular complexity index is 560. The van der Waals surface area contributed by atoms with Crippen LogP contribution in [0.25, 0.3) is 11.1 Å². The maximum absolute atomic E-state index is 11.8. The van der Waals surface area contributed by atoms with Gasteiger partial charge in [0.25, 0.3) is 0 Å². The first-order chi connectivity index (χ1) is 8.58. The Hall–Kier alpha value is -1.84. The molecule has 0 aliphatic rings. The summed E-state index contributed by atoms with van der Waals surface area (Å²) in [5, 5.41) is 2.95. The molecule has 4 heteroatoms. The largest absolute Gasteiger partial charge is 0.441 e. The Morgan fingerprint density at radius 3 is 3.00 bits per heavy atom. The highest BCUT2D eigenvalue weighted by molar-refractivity contribution is 5.81. The van der Waals surface area contributed by atoms with Gasteiger partial charge >= 0.3 is 0 Å². The maximum atomic E-state index is 11.8. The summed E-state index contributed by atoms with van der Waals surface area (Å²) in [6.45, 7) is 5.87. The van der Waals surface area contributed by atoms with Crippen molar-refractivity contribution in [1.82, 2.24) is 10.3 Å². The molecule has 0 radical (unpaired) electrons. The van der Waals surface area contributed by atoms with E-state index in [1.165, 1.54) is 0 Å². The van der Waals surface area contributed by atoms with Crippen LogP contribution in [-0.4, -0.2) is 16.9 Å². The van der Waals surface area contributed by atoms with E-state index in [1.54, 1.807) is 0 Å². The van der Waals surface area contributed by atoms with E-state index in [1.807, 2.05) is 39.0 Å². The number of aromatic nitrogens is 1. The number of fused-ring (bicyclic) bond motifs is 1. The van der Waals surface area contributed by atoms with E-state index >= 15 is 0 Å². The van der Waals surface area contributed by atoms with Crippen LogP contribution in [0.1, 0.15) is 31.7 Å². The summed E-state index contributed by atoms with van der Waals surface area (Å²) in [5.74, 6) is 0.686. The molecule has 0 bridgehead atoms. The van der Waals surface area contributed by atoms with Gasteiger partial charge in [0.05, 0.1) is 6.42 Å². The minimum Gasteiger partial charge on any atom is -0.441 e. The van der Waals surface area contributed by atoms with Crippen molar-refractivity contribution in [3.63, 3.8) is 0 Å². The van der Waals surface area contributed by atoms with Crippen LogP contribution in [0.2, 0.25) is 0 Å². The molecular formula is C14H18N2O2. The minimum atomic E-state index is 0.0416. The van der Waals surface area contributed by atoms with E-state index < -0.39 is 0 Å². The van der Waals surface area contributed by atoms with Crippen LogP contribution in [0.3, 0.4) is 0 Å². The number of hydrogen-bond acceptors (Lipinski definition) is 3. The van der Waals surface area contributed by atoms with Gasteiger partial charge in [0.15, 0.2) is 11.5 Å². The van der Waals surface area contributed by atoms with Gasteiger partial charge in [0.1, 0.15) is 5.52 Å². The zero-order valence-corrected chi connectivity index (χ0v) is 11.0. The van der Waals surface area contributed by atoms with Gasteiger partial charge in [-0.05, 0) is 31.0 Å². The van der Waals surface area contributed by atoms with Gasteiger partial charge < -0.3 is 9.73 Å². The predicted molar refractivity (Wildman–Crippen MR) is 70.3 cm³/mol. The first kappa shape index (κ1) is 12.6. The van der Waals surface area contributed by atoms with Crippen LogP contribution in [-0.2, 0) is 11.2 Å². The van der Waals surface area contributed by atoms with Crippen molar-refractivity contribution in [3.8, 4) is 0 Å². The number of oxazole rings is 1. The lowest BCUT2D eigenvalue weighted by Crippen LogP contribution is -2.33. The molecule has 1 aromatic carbocycles. The van der Waals surface area contributed by atoms with Gasteiger partial charge in [-0.2, -0.15) is 0 Å². The molecule has 0 aliphatic heterocycles. The van der Waals surface area contributed by atoms with Crippen LogP contribution >= 0.6 is 0 Å². The average molecular weight is 246 g/mol. The lowest BCUT2D eigenvalue weighted by atomic mass is 10.1. The fraction of sp³-hybridized carbons (Fsp3) is 0.429. The number of aryl methyl sites for hydroxylation is 1. The highest BCUT2D eigenvalue weighted by Gasteiger charge is 2.08. The quantitative estimate of drug-likeness (QED) is 0.902. The summed E-state index contributed by atoms with van der Waals surface area (Å²) in [6.07, 6.45) is 1.31. The SMILES string of the molecule is CCC(C)NC(=O)Cc1ccc2nc(C)oc2c1. The number of hydrogen-bond donors (Lipinski definition) is 1. The minimum absolute atomic E-state index is 0.0416. The van der Waals surface area contributed by atoms with Crippen LogP contribution in [0.5, 0.6) is 0 Å². The van der Waals surface area contributed by atoms with E-state index in [-0.39, 0.29) is 11.9 Å². The van der Waals surface area contributed by atoms with Crippen molar-refractivity contribution in [1.29, 1.82) is 0 Å². The fourth-order valence-electron chi connectivity index (χ4n) is 1.81. The number of carbonyl (C=O) groups is 1. The molecule has 0 spiro atoms. The van der Waals surface area contributed by atoms with Crippen molar-refractivity contribution in [2.45, 2.75) is 39.7 Å². The molecule has 1 amide bonds. The van der Waals surface area contributed by atoms with Gasteiger partial charge in [-0.25, -0.2) is 4.98 Å². The number of benzene rings is 1. The molecule has 2 rings (SSSR count).